The molecule has 0 aromatic carbocycles. The molecule has 0 saturated heterocycles. The minimum atomic E-state index is -0.147. The highest BCUT2D eigenvalue weighted by Crippen LogP contribution is 2.26. The molecule has 2 rings (SSSR count). The quantitative estimate of drug-likeness (QED) is 0.302. The lowest BCUT2D eigenvalue weighted by Crippen LogP contribution is -2.43. The van der Waals surface area contributed by atoms with Gasteiger partial charge in [-0.25, -0.2) is 4.99 Å². The molecular formula is C18H27IN4O2S. The maximum Gasteiger partial charge on any atom is 0.242 e. The Kier molecular flexibility index (Phi) is 9.71. The topological polar surface area (TPSA) is 78.7 Å². The minimum Gasteiger partial charge on any atom is -0.467 e. The Balaban J connectivity index is 0.00000338. The number of rotatable bonds is 8. The number of amides is 1. The molecule has 2 aromatic heterocycles. The van der Waals surface area contributed by atoms with Crippen LogP contribution in [0.15, 0.2) is 45.3 Å². The summed E-state index contributed by atoms with van der Waals surface area (Å²) in [7, 11) is 0. The summed E-state index contributed by atoms with van der Waals surface area (Å²) < 4.78 is 5.19. The Bertz CT molecular complexity index is 669. The molecule has 0 atom stereocenters. The molecule has 0 unspecified atom stereocenters. The van der Waals surface area contributed by atoms with Gasteiger partial charge in [0.1, 0.15) is 12.3 Å². The second kappa shape index (κ2) is 11.2. The molecule has 0 saturated carbocycles. The van der Waals surface area contributed by atoms with Crippen LogP contribution in [0.2, 0.25) is 0 Å². The summed E-state index contributed by atoms with van der Waals surface area (Å²) in [6, 6.07) is 7.81. The van der Waals surface area contributed by atoms with E-state index in [1.165, 1.54) is 4.88 Å². The molecule has 1 amide bonds. The van der Waals surface area contributed by atoms with Crippen molar-refractivity contribution in [2.75, 3.05) is 19.6 Å². The summed E-state index contributed by atoms with van der Waals surface area (Å²) in [5.41, 5.74) is -0.00803. The summed E-state index contributed by atoms with van der Waals surface area (Å²) in [6.07, 6.45) is 1.59. The molecule has 0 fully saturated rings. The highest BCUT2D eigenvalue weighted by molar-refractivity contribution is 14.0. The fourth-order valence-electron chi connectivity index (χ4n) is 2.20. The van der Waals surface area contributed by atoms with Crippen LogP contribution in [0.5, 0.6) is 0 Å². The highest BCUT2D eigenvalue weighted by atomic mass is 127. The molecule has 0 bridgehead atoms. The zero-order chi connectivity index (χ0) is 18.1. The van der Waals surface area contributed by atoms with Crippen LogP contribution >= 0.6 is 35.3 Å². The zero-order valence-corrected chi connectivity index (χ0v) is 18.5. The van der Waals surface area contributed by atoms with Crippen LogP contribution in [0.4, 0.5) is 0 Å². The molecule has 6 nitrogen and oxygen atoms in total. The van der Waals surface area contributed by atoms with Crippen LogP contribution in [-0.2, 0) is 16.8 Å². The number of hydrogen-bond acceptors (Lipinski definition) is 4. The molecule has 0 aliphatic rings. The van der Waals surface area contributed by atoms with E-state index in [2.05, 4.69) is 52.3 Å². The van der Waals surface area contributed by atoms with Gasteiger partial charge >= 0.3 is 0 Å². The number of carbonyl (C=O) groups excluding carboxylic acids is 1. The van der Waals surface area contributed by atoms with Crippen LogP contribution in [0.1, 0.15) is 31.4 Å². The number of guanidine groups is 1. The lowest BCUT2D eigenvalue weighted by Gasteiger charge is -2.25. The molecule has 2 heterocycles. The maximum absolute atomic E-state index is 11.9. The van der Waals surface area contributed by atoms with Crippen LogP contribution < -0.4 is 16.0 Å². The van der Waals surface area contributed by atoms with Gasteiger partial charge in [-0.05, 0) is 30.5 Å². The monoisotopic (exact) mass is 490 g/mol. The maximum atomic E-state index is 11.9. The van der Waals surface area contributed by atoms with Crippen LogP contribution in [0.3, 0.4) is 0 Å². The third-order valence-corrected chi connectivity index (χ3v) is 4.89. The first-order chi connectivity index (χ1) is 12.0. The summed E-state index contributed by atoms with van der Waals surface area (Å²) in [5.74, 6) is 1.21. The number of furan rings is 1. The molecule has 0 radical (unpaired) electrons. The first kappa shape index (κ1) is 22.5. The van der Waals surface area contributed by atoms with Crippen molar-refractivity contribution in [1.82, 2.24) is 16.0 Å². The van der Waals surface area contributed by atoms with E-state index in [4.69, 9.17) is 4.42 Å². The Morgan fingerprint density at radius 1 is 1.23 bits per heavy atom. The fraction of sp³-hybridized carbons (Fsp3) is 0.444. The van der Waals surface area contributed by atoms with Gasteiger partial charge < -0.3 is 20.4 Å². The van der Waals surface area contributed by atoms with Crippen molar-refractivity contribution in [3.8, 4) is 0 Å². The van der Waals surface area contributed by atoms with Gasteiger partial charge in [-0.2, -0.15) is 0 Å². The molecule has 0 spiro atoms. The predicted molar refractivity (Wildman–Crippen MR) is 117 cm³/mol. The number of nitrogens with zero attached hydrogens (tertiary/aromatic N) is 1. The Labute approximate surface area is 175 Å². The van der Waals surface area contributed by atoms with Crippen molar-refractivity contribution >= 4 is 47.2 Å². The van der Waals surface area contributed by atoms with E-state index in [0.29, 0.717) is 12.5 Å². The molecule has 2 aromatic rings. The van der Waals surface area contributed by atoms with Crippen molar-refractivity contribution in [2.45, 2.75) is 32.7 Å². The first-order valence-corrected chi connectivity index (χ1v) is 9.24. The van der Waals surface area contributed by atoms with Gasteiger partial charge in [0, 0.05) is 23.4 Å². The minimum absolute atomic E-state index is 0. The Hall–Kier alpha value is -1.55. The average molecular weight is 490 g/mol. The van der Waals surface area contributed by atoms with Crippen LogP contribution in [0, 0.1) is 0 Å². The Morgan fingerprint density at radius 2 is 2.04 bits per heavy atom. The number of hydrogen-bond donors (Lipinski definition) is 3. The van der Waals surface area contributed by atoms with Gasteiger partial charge in [-0.3, -0.25) is 4.79 Å². The van der Waals surface area contributed by atoms with Crippen molar-refractivity contribution in [1.29, 1.82) is 0 Å². The fourth-order valence-corrected chi connectivity index (χ4v) is 3.05. The van der Waals surface area contributed by atoms with E-state index in [9.17, 15) is 4.79 Å². The number of carbonyl (C=O) groups is 1. The smallest absolute Gasteiger partial charge is 0.242 e. The second-order valence-electron chi connectivity index (χ2n) is 6.27. The van der Waals surface area contributed by atoms with E-state index >= 15 is 0 Å². The largest absolute Gasteiger partial charge is 0.467 e. The lowest BCUT2D eigenvalue weighted by atomic mass is 9.91. The number of aliphatic imine (C=N–C) groups is 1. The molecule has 144 valence electrons. The van der Waals surface area contributed by atoms with Gasteiger partial charge in [0.2, 0.25) is 5.91 Å². The van der Waals surface area contributed by atoms with E-state index < -0.39 is 0 Å². The molecule has 26 heavy (non-hydrogen) atoms. The molecule has 8 heteroatoms. The van der Waals surface area contributed by atoms with Gasteiger partial charge in [0.05, 0.1) is 12.8 Å². The molecular weight excluding hydrogens is 463 g/mol. The van der Waals surface area contributed by atoms with Crippen molar-refractivity contribution in [3.05, 3.63) is 46.5 Å². The van der Waals surface area contributed by atoms with Crippen molar-refractivity contribution < 1.29 is 9.21 Å². The van der Waals surface area contributed by atoms with E-state index in [0.717, 1.165) is 18.8 Å². The van der Waals surface area contributed by atoms with E-state index in [1.807, 2.05) is 13.0 Å². The number of nitrogens with one attached hydrogen (secondary N) is 3. The standard InChI is InChI=1S/C18H26N4O2S.HI/c1-4-19-17(22-13-18(2,3)15-8-6-10-25-15)21-12-16(23)20-11-14-7-5-9-24-14;/h5-10H,4,11-13H2,1-3H3,(H,20,23)(H2,19,21,22);1H. The Morgan fingerprint density at radius 3 is 2.65 bits per heavy atom. The van der Waals surface area contributed by atoms with Gasteiger partial charge in [-0.15, -0.1) is 35.3 Å². The number of halogens is 1. The van der Waals surface area contributed by atoms with Crippen molar-refractivity contribution in [2.24, 2.45) is 4.99 Å². The summed E-state index contributed by atoms with van der Waals surface area (Å²) in [4.78, 5) is 17.6. The van der Waals surface area contributed by atoms with Crippen LogP contribution in [0.25, 0.3) is 0 Å². The number of thiophene rings is 1. The molecule has 0 aliphatic heterocycles. The lowest BCUT2D eigenvalue weighted by molar-refractivity contribution is -0.119. The van der Waals surface area contributed by atoms with E-state index in [1.54, 1.807) is 23.7 Å². The predicted octanol–water partition coefficient (Wildman–Crippen LogP) is 3.11. The third-order valence-electron chi connectivity index (χ3n) is 3.65. The SMILES string of the molecule is CCNC(=NCC(=O)NCc1ccco1)NCC(C)(C)c1cccs1.I. The van der Waals surface area contributed by atoms with Gasteiger partial charge in [0.25, 0.3) is 0 Å². The van der Waals surface area contributed by atoms with Crippen molar-refractivity contribution in [3.63, 3.8) is 0 Å². The highest BCUT2D eigenvalue weighted by Gasteiger charge is 2.21. The second-order valence-corrected chi connectivity index (χ2v) is 7.21. The summed E-state index contributed by atoms with van der Waals surface area (Å²) >= 11 is 1.75. The molecule has 3 N–H and O–H groups in total. The summed E-state index contributed by atoms with van der Waals surface area (Å²) in [6.45, 7) is 8.27. The van der Waals surface area contributed by atoms with E-state index in [-0.39, 0.29) is 41.8 Å². The summed E-state index contributed by atoms with van der Waals surface area (Å²) in [5, 5.41) is 11.4. The zero-order valence-electron chi connectivity index (χ0n) is 15.4. The average Bonchev–Trinajstić information content (AvgIpc) is 3.29. The molecule has 0 aliphatic carbocycles. The van der Waals surface area contributed by atoms with Gasteiger partial charge in [0.15, 0.2) is 5.96 Å². The van der Waals surface area contributed by atoms with Gasteiger partial charge in [-0.1, -0.05) is 19.9 Å². The van der Waals surface area contributed by atoms with Crippen LogP contribution in [-0.4, -0.2) is 31.5 Å². The first-order valence-electron chi connectivity index (χ1n) is 8.36. The normalized spacial score (nSPS) is 11.6. The third kappa shape index (κ3) is 7.36.